The van der Waals surface area contributed by atoms with Gasteiger partial charge in [-0.05, 0) is 67.0 Å². The Kier molecular flexibility index (Phi) is 6.09. The van der Waals surface area contributed by atoms with E-state index in [2.05, 4.69) is 16.0 Å². The predicted octanol–water partition coefficient (Wildman–Crippen LogP) is 4.58. The summed E-state index contributed by atoms with van der Waals surface area (Å²) < 4.78 is 5.40. The molecule has 0 bridgehead atoms. The molecule has 0 amide bonds. The molecule has 8 heteroatoms. The number of H-pyrrole nitrogens is 1. The number of rotatable bonds is 3. The first-order valence-corrected chi connectivity index (χ1v) is 10.6. The Bertz CT molecular complexity index is 1350. The lowest BCUT2D eigenvalue weighted by Gasteiger charge is -2.38. The molecule has 1 aromatic heterocycles. The van der Waals surface area contributed by atoms with E-state index in [1.54, 1.807) is 13.2 Å². The summed E-state index contributed by atoms with van der Waals surface area (Å²) in [6.07, 6.45) is 4.92. The second-order valence-electron chi connectivity index (χ2n) is 7.87. The number of carbonyl (C=O) groups is 1. The van der Waals surface area contributed by atoms with Crippen LogP contribution < -0.4 is 4.74 Å². The Morgan fingerprint density at radius 1 is 1.24 bits per heavy atom. The SMILES string of the molecule is COc1ccc2[nH]c3c(c2c1)CCN1C=C(C(=O)c2cc(Cl)ccc2O)C=C(C)C31.O=C=O. The molecule has 7 nitrogen and oxygen atoms in total. The van der Waals surface area contributed by atoms with Crippen molar-refractivity contribution >= 4 is 34.4 Å². The third-order valence-corrected chi connectivity index (χ3v) is 6.19. The highest BCUT2D eigenvalue weighted by Crippen LogP contribution is 2.42. The zero-order chi connectivity index (χ0) is 23.7. The molecule has 0 radical (unpaired) electrons. The highest BCUT2D eigenvalue weighted by atomic mass is 35.5. The highest BCUT2D eigenvalue weighted by molar-refractivity contribution is 6.31. The summed E-state index contributed by atoms with van der Waals surface area (Å²) in [5.74, 6) is 0.542. The largest absolute Gasteiger partial charge is 0.507 e. The first-order chi connectivity index (χ1) is 15.9. The molecule has 0 spiro atoms. The maximum absolute atomic E-state index is 13.1. The van der Waals surface area contributed by atoms with Crippen LogP contribution in [0.3, 0.4) is 0 Å². The minimum atomic E-state index is -0.236. The molecule has 2 aliphatic heterocycles. The van der Waals surface area contributed by atoms with E-state index in [4.69, 9.17) is 25.9 Å². The monoisotopic (exact) mass is 464 g/mol. The molecule has 5 rings (SSSR count). The molecule has 1 atom stereocenters. The maximum Gasteiger partial charge on any atom is 0.373 e. The van der Waals surface area contributed by atoms with Gasteiger partial charge in [-0.15, -0.1) is 0 Å². The van der Waals surface area contributed by atoms with Crippen molar-refractivity contribution in [3.63, 3.8) is 0 Å². The fourth-order valence-electron chi connectivity index (χ4n) is 4.55. The number of aromatic amines is 1. The van der Waals surface area contributed by atoms with Crippen molar-refractivity contribution in [2.45, 2.75) is 19.4 Å². The van der Waals surface area contributed by atoms with E-state index < -0.39 is 0 Å². The Balaban J connectivity index is 0.000000821. The van der Waals surface area contributed by atoms with Gasteiger partial charge in [0.2, 0.25) is 0 Å². The van der Waals surface area contributed by atoms with Crippen LogP contribution in [-0.2, 0) is 16.0 Å². The maximum atomic E-state index is 13.1. The molecule has 0 aliphatic carbocycles. The normalized spacial score (nSPS) is 16.5. The van der Waals surface area contributed by atoms with Gasteiger partial charge in [0.05, 0.1) is 18.7 Å². The van der Waals surface area contributed by atoms with Gasteiger partial charge in [0.1, 0.15) is 11.5 Å². The summed E-state index contributed by atoms with van der Waals surface area (Å²) in [4.78, 5) is 35.1. The summed E-state index contributed by atoms with van der Waals surface area (Å²) in [7, 11) is 1.68. The lowest BCUT2D eigenvalue weighted by Crippen LogP contribution is -2.34. The molecule has 2 aromatic carbocycles. The smallest absolute Gasteiger partial charge is 0.373 e. The topological polar surface area (TPSA) is 99.7 Å². The van der Waals surface area contributed by atoms with Crippen LogP contribution in [0.2, 0.25) is 5.02 Å². The second kappa shape index (κ2) is 8.98. The number of Topliss-reactive ketones (excluding diaryl/α,β-unsaturated/α-hetero) is 1. The molecular weight excluding hydrogens is 444 g/mol. The van der Waals surface area contributed by atoms with Gasteiger partial charge in [0, 0.05) is 39.9 Å². The number of fused-ring (bicyclic) bond motifs is 5. The number of carbonyl (C=O) groups excluding carboxylic acids is 3. The fourth-order valence-corrected chi connectivity index (χ4v) is 4.72. The number of ketones is 1. The van der Waals surface area contributed by atoms with Gasteiger partial charge in [-0.1, -0.05) is 11.6 Å². The number of aromatic hydroxyl groups is 1. The minimum Gasteiger partial charge on any atom is -0.507 e. The van der Waals surface area contributed by atoms with Crippen LogP contribution in [0.15, 0.2) is 59.8 Å². The van der Waals surface area contributed by atoms with Crippen LogP contribution in [0.4, 0.5) is 0 Å². The molecule has 2 aliphatic rings. The van der Waals surface area contributed by atoms with Crippen molar-refractivity contribution < 1.29 is 24.2 Å². The van der Waals surface area contributed by atoms with Crippen LogP contribution in [0, 0.1) is 0 Å². The number of phenolic OH excluding ortho intramolecular Hbond substituents is 1. The van der Waals surface area contributed by atoms with Crippen LogP contribution in [0.1, 0.15) is 34.6 Å². The second-order valence-corrected chi connectivity index (χ2v) is 8.30. The predicted molar refractivity (Wildman–Crippen MR) is 122 cm³/mol. The molecule has 168 valence electrons. The van der Waals surface area contributed by atoms with Crippen LogP contribution in [0.5, 0.6) is 11.5 Å². The van der Waals surface area contributed by atoms with E-state index in [0.717, 1.165) is 35.5 Å². The Hall–Kier alpha value is -3.80. The number of ether oxygens (including phenoxy) is 1. The summed E-state index contributed by atoms with van der Waals surface area (Å²) in [5.41, 5.74) is 5.38. The number of benzene rings is 2. The van der Waals surface area contributed by atoms with E-state index in [-0.39, 0.29) is 29.3 Å². The van der Waals surface area contributed by atoms with E-state index in [1.807, 2.05) is 31.3 Å². The van der Waals surface area contributed by atoms with Gasteiger partial charge in [-0.2, -0.15) is 9.59 Å². The minimum absolute atomic E-state index is 0.0525. The van der Waals surface area contributed by atoms with E-state index in [0.29, 0.717) is 10.6 Å². The van der Waals surface area contributed by atoms with E-state index in [9.17, 15) is 9.90 Å². The molecule has 0 fully saturated rings. The van der Waals surface area contributed by atoms with Crippen LogP contribution in [-0.4, -0.2) is 40.6 Å². The number of halogens is 1. The number of hydrogen-bond donors (Lipinski definition) is 2. The molecule has 1 unspecified atom stereocenters. The highest BCUT2D eigenvalue weighted by Gasteiger charge is 2.33. The molecule has 2 N–H and O–H groups in total. The Morgan fingerprint density at radius 3 is 2.73 bits per heavy atom. The number of methoxy groups -OCH3 is 1. The van der Waals surface area contributed by atoms with Crippen molar-refractivity contribution in [3.8, 4) is 11.5 Å². The van der Waals surface area contributed by atoms with Gasteiger partial charge >= 0.3 is 6.15 Å². The third kappa shape index (κ3) is 4.04. The molecular formula is C25H21ClN2O5. The van der Waals surface area contributed by atoms with Crippen molar-refractivity contribution in [1.82, 2.24) is 9.88 Å². The van der Waals surface area contributed by atoms with Crippen molar-refractivity contribution in [1.29, 1.82) is 0 Å². The van der Waals surface area contributed by atoms with E-state index in [1.165, 1.54) is 23.1 Å². The number of phenols is 1. The van der Waals surface area contributed by atoms with Gasteiger partial charge in [0.15, 0.2) is 5.78 Å². The zero-order valence-electron chi connectivity index (χ0n) is 18.0. The summed E-state index contributed by atoms with van der Waals surface area (Å²) in [6, 6.07) is 10.7. The number of nitrogens with one attached hydrogen (secondary N) is 1. The van der Waals surface area contributed by atoms with Crippen LogP contribution in [0.25, 0.3) is 10.9 Å². The molecule has 3 heterocycles. The zero-order valence-corrected chi connectivity index (χ0v) is 18.8. The first kappa shape index (κ1) is 22.4. The van der Waals surface area contributed by atoms with Crippen molar-refractivity contribution in [2.24, 2.45) is 0 Å². The lowest BCUT2D eigenvalue weighted by atomic mass is 9.88. The lowest BCUT2D eigenvalue weighted by molar-refractivity contribution is -0.191. The number of nitrogens with zero attached hydrogens (tertiary/aromatic N) is 1. The van der Waals surface area contributed by atoms with Crippen molar-refractivity contribution in [3.05, 3.63) is 81.7 Å². The number of hydrogen-bond acceptors (Lipinski definition) is 6. The Morgan fingerprint density at radius 2 is 2.00 bits per heavy atom. The first-order valence-electron chi connectivity index (χ1n) is 10.2. The summed E-state index contributed by atoms with van der Waals surface area (Å²) in [5, 5.41) is 11.7. The number of allylic oxidation sites excluding steroid dienone is 2. The fraction of sp³-hybridized carbons (Fsp3) is 0.200. The average molecular weight is 465 g/mol. The van der Waals surface area contributed by atoms with E-state index >= 15 is 0 Å². The van der Waals surface area contributed by atoms with Gasteiger partial charge in [0.25, 0.3) is 0 Å². The van der Waals surface area contributed by atoms with Gasteiger partial charge in [-0.3, -0.25) is 4.79 Å². The van der Waals surface area contributed by atoms with Gasteiger partial charge in [-0.25, -0.2) is 0 Å². The Labute approximate surface area is 194 Å². The average Bonchev–Trinajstić information content (AvgIpc) is 3.18. The molecule has 3 aromatic rings. The number of aromatic nitrogens is 1. The molecule has 0 saturated carbocycles. The third-order valence-electron chi connectivity index (χ3n) is 5.96. The standard InChI is InChI=1S/C24H21ClN2O3.CO2/c1-13-9-14(24(29)19-10-15(25)3-6-21(19)28)12-27-8-7-17-18-11-16(30-2)4-5-20(18)26-22(17)23(13)27;2-1-3/h3-6,9-12,23,26,28H,7-8H2,1-2H3;. The summed E-state index contributed by atoms with van der Waals surface area (Å²) in [6.45, 7) is 2.84. The van der Waals surface area contributed by atoms with Crippen molar-refractivity contribution in [2.75, 3.05) is 13.7 Å². The summed E-state index contributed by atoms with van der Waals surface area (Å²) >= 11 is 6.03. The molecule has 0 saturated heterocycles. The van der Waals surface area contributed by atoms with Gasteiger partial charge < -0.3 is 19.7 Å². The van der Waals surface area contributed by atoms with Crippen LogP contribution >= 0.6 is 11.6 Å². The quantitative estimate of drug-likeness (QED) is 0.550. The molecule has 33 heavy (non-hydrogen) atoms.